The molecule has 2 rings (SSSR count). The van der Waals surface area contributed by atoms with Crippen molar-refractivity contribution >= 4 is 22.6 Å². The molecule has 2 N–H and O–H groups in total. The highest BCUT2D eigenvalue weighted by Gasteiger charge is 2.02. The van der Waals surface area contributed by atoms with Gasteiger partial charge in [0.2, 0.25) is 5.55 Å². The predicted molar refractivity (Wildman–Crippen MR) is 48.7 cm³/mol. The monoisotopic (exact) mass is 195 g/mol. The van der Waals surface area contributed by atoms with Crippen LogP contribution < -0.4 is 5.55 Å². The highest BCUT2D eigenvalue weighted by Crippen LogP contribution is 2.27. The molecule has 0 saturated heterocycles. The number of benzene rings is 1. The minimum Gasteiger partial charge on any atom is -0.507 e. The van der Waals surface area contributed by atoms with Gasteiger partial charge in [-0.25, -0.2) is 0 Å². The number of nitrogens with one attached hydrogen (secondary N) is 1. The first-order chi connectivity index (χ1) is 6.16. The summed E-state index contributed by atoms with van der Waals surface area (Å²) in [6, 6.07) is 6.08. The number of halogens is 1. The third-order valence-corrected chi connectivity index (χ3v) is 1.92. The molecule has 66 valence electrons. The number of fused-ring (bicyclic) bond motifs is 1. The minimum absolute atomic E-state index is 0.0363. The second-order valence-corrected chi connectivity index (χ2v) is 3.07. The highest BCUT2D eigenvalue weighted by atomic mass is 35.5. The first-order valence-corrected chi connectivity index (χ1v) is 4.01. The molecule has 1 heterocycles. The van der Waals surface area contributed by atoms with Crippen molar-refractivity contribution in [2.45, 2.75) is 0 Å². The molecule has 0 fully saturated rings. The van der Waals surface area contributed by atoms with E-state index in [4.69, 9.17) is 21.4 Å². The SMILES string of the molecule is N=c1ccc2c(O)cc(Cl)cc2o1. The average molecular weight is 196 g/mol. The number of phenols is 1. The average Bonchev–Trinajstić information content (AvgIpc) is 2.02. The van der Waals surface area contributed by atoms with Crippen molar-refractivity contribution in [1.82, 2.24) is 0 Å². The van der Waals surface area contributed by atoms with Gasteiger partial charge in [0.15, 0.2) is 0 Å². The fraction of sp³-hybridized carbons (Fsp3) is 0. The van der Waals surface area contributed by atoms with E-state index in [0.29, 0.717) is 16.0 Å². The van der Waals surface area contributed by atoms with E-state index in [1.807, 2.05) is 0 Å². The van der Waals surface area contributed by atoms with Crippen LogP contribution in [0.25, 0.3) is 11.0 Å². The second kappa shape index (κ2) is 2.78. The predicted octanol–water partition coefficient (Wildman–Crippen LogP) is 2.27. The molecule has 13 heavy (non-hydrogen) atoms. The third-order valence-electron chi connectivity index (χ3n) is 1.71. The third kappa shape index (κ3) is 1.38. The smallest absolute Gasteiger partial charge is 0.211 e. The Labute approximate surface area is 78.7 Å². The Balaban J connectivity index is 2.94. The number of hydrogen-bond donors (Lipinski definition) is 2. The molecule has 0 atom stereocenters. The van der Waals surface area contributed by atoms with Gasteiger partial charge >= 0.3 is 0 Å². The summed E-state index contributed by atoms with van der Waals surface area (Å²) in [5.41, 5.74) is 0.451. The summed E-state index contributed by atoms with van der Waals surface area (Å²) in [4.78, 5) is 0. The lowest BCUT2D eigenvalue weighted by Crippen LogP contribution is -1.94. The normalized spacial score (nSPS) is 10.5. The molecule has 0 aliphatic heterocycles. The standard InChI is InChI=1S/C9H6ClNO2/c10-5-3-7(12)6-1-2-9(11)13-8(6)4-5/h1-4,11-12H. The van der Waals surface area contributed by atoms with E-state index in [0.717, 1.165) is 0 Å². The minimum atomic E-state index is 0.0363. The molecule has 0 radical (unpaired) electrons. The van der Waals surface area contributed by atoms with E-state index in [9.17, 15) is 5.11 Å². The molecule has 0 saturated carbocycles. The van der Waals surface area contributed by atoms with Crippen LogP contribution in [0.3, 0.4) is 0 Å². The molecule has 4 heteroatoms. The van der Waals surface area contributed by atoms with Crippen molar-refractivity contribution in [2.75, 3.05) is 0 Å². The van der Waals surface area contributed by atoms with Gasteiger partial charge in [-0.05, 0) is 12.1 Å². The van der Waals surface area contributed by atoms with Crippen molar-refractivity contribution in [3.05, 3.63) is 34.8 Å². The zero-order valence-corrected chi connectivity index (χ0v) is 7.30. The molecule has 3 nitrogen and oxygen atoms in total. The van der Waals surface area contributed by atoms with Crippen LogP contribution in [0.2, 0.25) is 5.02 Å². The molecule has 1 aromatic carbocycles. The van der Waals surface area contributed by atoms with Crippen LogP contribution in [0.5, 0.6) is 5.75 Å². The van der Waals surface area contributed by atoms with E-state index < -0.39 is 0 Å². The second-order valence-electron chi connectivity index (χ2n) is 2.64. The van der Waals surface area contributed by atoms with Crippen molar-refractivity contribution in [1.29, 1.82) is 5.41 Å². The van der Waals surface area contributed by atoms with Gasteiger partial charge in [-0.15, -0.1) is 0 Å². The van der Waals surface area contributed by atoms with Crippen molar-refractivity contribution in [3.8, 4) is 5.75 Å². The van der Waals surface area contributed by atoms with E-state index in [2.05, 4.69) is 0 Å². The molecule has 0 aliphatic rings. The fourth-order valence-corrected chi connectivity index (χ4v) is 1.35. The van der Waals surface area contributed by atoms with Gasteiger partial charge in [-0.3, -0.25) is 5.41 Å². The van der Waals surface area contributed by atoms with Crippen LogP contribution in [0.15, 0.2) is 28.7 Å². The summed E-state index contributed by atoms with van der Waals surface area (Å²) < 4.78 is 5.05. The lowest BCUT2D eigenvalue weighted by atomic mass is 10.2. The lowest BCUT2D eigenvalue weighted by Gasteiger charge is -1.99. The van der Waals surface area contributed by atoms with Crippen molar-refractivity contribution in [2.24, 2.45) is 0 Å². The first kappa shape index (κ1) is 8.13. The van der Waals surface area contributed by atoms with E-state index in [1.54, 1.807) is 12.1 Å². The van der Waals surface area contributed by atoms with Crippen molar-refractivity contribution in [3.63, 3.8) is 0 Å². The Morgan fingerprint density at radius 2 is 2.08 bits per heavy atom. The topological polar surface area (TPSA) is 57.2 Å². The molecule has 0 spiro atoms. The van der Waals surface area contributed by atoms with E-state index >= 15 is 0 Å². The molecular weight excluding hydrogens is 190 g/mol. The van der Waals surface area contributed by atoms with Gasteiger partial charge in [0, 0.05) is 17.2 Å². The van der Waals surface area contributed by atoms with Gasteiger partial charge in [0.25, 0.3) is 0 Å². The summed E-state index contributed by atoms with van der Waals surface area (Å²) in [6.45, 7) is 0. The van der Waals surface area contributed by atoms with Crippen LogP contribution in [0, 0.1) is 5.41 Å². The number of aromatic hydroxyl groups is 1. The summed E-state index contributed by atoms with van der Waals surface area (Å²) in [5, 5.41) is 17.6. The summed E-state index contributed by atoms with van der Waals surface area (Å²) in [7, 11) is 0. The quantitative estimate of drug-likeness (QED) is 0.678. The summed E-state index contributed by atoms with van der Waals surface area (Å²) >= 11 is 5.70. The molecule has 0 amide bonds. The maximum absolute atomic E-state index is 9.44. The Bertz CT molecular complexity index is 518. The van der Waals surface area contributed by atoms with Crippen LogP contribution in [0.4, 0.5) is 0 Å². The van der Waals surface area contributed by atoms with Crippen LogP contribution in [-0.2, 0) is 0 Å². The Kier molecular flexibility index (Phi) is 1.74. The van der Waals surface area contributed by atoms with E-state index in [1.165, 1.54) is 12.1 Å². The van der Waals surface area contributed by atoms with Crippen molar-refractivity contribution < 1.29 is 9.52 Å². The molecule has 0 unspecified atom stereocenters. The van der Waals surface area contributed by atoms with Gasteiger partial charge in [0.05, 0.1) is 5.39 Å². The number of hydrogen-bond acceptors (Lipinski definition) is 3. The lowest BCUT2D eigenvalue weighted by molar-refractivity contribution is 0.478. The first-order valence-electron chi connectivity index (χ1n) is 3.64. The summed E-state index contributed by atoms with van der Waals surface area (Å²) in [5.74, 6) is 0.0613. The maximum atomic E-state index is 9.44. The fourth-order valence-electron chi connectivity index (χ4n) is 1.14. The van der Waals surface area contributed by atoms with Crippen LogP contribution in [0.1, 0.15) is 0 Å². The number of phenolic OH excluding ortho intramolecular Hbond substituents is 1. The summed E-state index contributed by atoms with van der Waals surface area (Å²) in [6.07, 6.45) is 0. The molecule has 1 aromatic heterocycles. The largest absolute Gasteiger partial charge is 0.507 e. The zero-order chi connectivity index (χ0) is 9.42. The number of rotatable bonds is 0. The maximum Gasteiger partial charge on any atom is 0.211 e. The highest BCUT2D eigenvalue weighted by molar-refractivity contribution is 6.31. The van der Waals surface area contributed by atoms with Gasteiger partial charge in [0.1, 0.15) is 11.3 Å². The molecule has 0 aliphatic carbocycles. The molecule has 2 aromatic rings. The van der Waals surface area contributed by atoms with Crippen LogP contribution in [-0.4, -0.2) is 5.11 Å². The zero-order valence-electron chi connectivity index (χ0n) is 6.54. The Hall–Kier alpha value is -1.48. The van der Waals surface area contributed by atoms with Gasteiger partial charge in [-0.1, -0.05) is 11.6 Å². The van der Waals surface area contributed by atoms with Gasteiger partial charge < -0.3 is 9.52 Å². The molecular formula is C9H6ClNO2. The molecule has 0 bridgehead atoms. The van der Waals surface area contributed by atoms with Gasteiger partial charge in [-0.2, -0.15) is 0 Å². The Morgan fingerprint density at radius 3 is 2.85 bits per heavy atom. The van der Waals surface area contributed by atoms with E-state index in [-0.39, 0.29) is 11.3 Å². The van der Waals surface area contributed by atoms with Crippen LogP contribution >= 0.6 is 11.6 Å². The Morgan fingerprint density at radius 1 is 1.31 bits per heavy atom.